The Kier molecular flexibility index (Phi) is 7.44. The maximum Gasteiger partial charge on any atom is 0.201 e. The number of ether oxygens (including phenoxy) is 2. The van der Waals surface area contributed by atoms with E-state index in [0.29, 0.717) is 16.9 Å². The van der Waals surface area contributed by atoms with Crippen LogP contribution in [-0.2, 0) is 4.79 Å². The highest BCUT2D eigenvalue weighted by Crippen LogP contribution is 2.43. The molecule has 1 atom stereocenters. The zero-order valence-electron chi connectivity index (χ0n) is 23.0. The highest BCUT2D eigenvalue weighted by molar-refractivity contribution is 6.23. The van der Waals surface area contributed by atoms with Crippen molar-refractivity contribution in [2.24, 2.45) is 5.41 Å². The molecule has 0 saturated carbocycles. The van der Waals surface area contributed by atoms with Crippen LogP contribution in [0.2, 0.25) is 0 Å². The second kappa shape index (κ2) is 10.4. The van der Waals surface area contributed by atoms with E-state index in [-0.39, 0.29) is 23.1 Å². The van der Waals surface area contributed by atoms with E-state index in [2.05, 4.69) is 46.1 Å². The average Bonchev–Trinajstić information content (AvgIpc) is 2.88. The zero-order valence-corrected chi connectivity index (χ0v) is 23.0. The summed E-state index contributed by atoms with van der Waals surface area (Å²) in [6.45, 7) is 16.4. The van der Waals surface area contributed by atoms with E-state index in [9.17, 15) is 9.90 Å². The lowest BCUT2D eigenvalue weighted by Crippen LogP contribution is -2.24. The van der Waals surface area contributed by atoms with Crippen molar-refractivity contribution in [1.29, 1.82) is 0 Å². The molecule has 5 nitrogen and oxygen atoms in total. The van der Waals surface area contributed by atoms with Crippen LogP contribution in [0.3, 0.4) is 0 Å². The van der Waals surface area contributed by atoms with Crippen molar-refractivity contribution < 1.29 is 24.0 Å². The fourth-order valence-electron chi connectivity index (χ4n) is 4.48. The molecule has 1 aromatic rings. The first-order valence-corrected chi connectivity index (χ1v) is 13.2. The molecule has 0 bridgehead atoms. The summed E-state index contributed by atoms with van der Waals surface area (Å²) < 4.78 is 14.5. The van der Waals surface area contributed by atoms with Crippen LogP contribution in [0.1, 0.15) is 60.5 Å². The number of aliphatic hydroxyl groups excluding tert-OH is 1. The quantitative estimate of drug-likeness (QED) is 0.342. The van der Waals surface area contributed by atoms with E-state index in [0.717, 1.165) is 53.4 Å². The summed E-state index contributed by atoms with van der Waals surface area (Å²) in [4.78, 5) is 13.2. The minimum absolute atomic E-state index is 0.0267. The van der Waals surface area contributed by atoms with E-state index in [1.807, 2.05) is 55.5 Å². The normalized spacial score (nSPS) is 19.0. The molecular formula is C32H38NO4+. The molecule has 0 spiro atoms. The molecule has 4 rings (SSSR count). The van der Waals surface area contributed by atoms with Gasteiger partial charge in [0.25, 0.3) is 0 Å². The van der Waals surface area contributed by atoms with Crippen LogP contribution in [0.5, 0.6) is 11.5 Å². The van der Waals surface area contributed by atoms with Gasteiger partial charge < -0.3 is 14.6 Å². The Bertz CT molecular complexity index is 1310. The second-order valence-electron chi connectivity index (χ2n) is 10.6. The third-order valence-electron chi connectivity index (χ3n) is 6.97. The van der Waals surface area contributed by atoms with Gasteiger partial charge in [0.05, 0.1) is 17.3 Å². The van der Waals surface area contributed by atoms with Gasteiger partial charge in [-0.3, -0.25) is 4.79 Å². The molecule has 0 amide bonds. The predicted octanol–water partition coefficient (Wildman–Crippen LogP) is 6.88. The van der Waals surface area contributed by atoms with E-state index < -0.39 is 0 Å². The number of hydrogen-bond acceptors (Lipinski definition) is 4. The summed E-state index contributed by atoms with van der Waals surface area (Å²) in [7, 11) is 0. The largest absolute Gasteiger partial charge is 0.506 e. The topological polar surface area (TPSA) is 58.8 Å². The van der Waals surface area contributed by atoms with Crippen molar-refractivity contribution in [3.63, 3.8) is 0 Å². The van der Waals surface area contributed by atoms with Gasteiger partial charge in [0, 0.05) is 23.1 Å². The van der Waals surface area contributed by atoms with Gasteiger partial charge in [0.1, 0.15) is 36.1 Å². The van der Waals surface area contributed by atoms with Gasteiger partial charge in [0.2, 0.25) is 5.78 Å². The Morgan fingerprint density at radius 1 is 1.08 bits per heavy atom. The van der Waals surface area contributed by atoms with Crippen molar-refractivity contribution >= 4 is 17.1 Å². The number of hydrogen-bond donors (Lipinski definition) is 1. The first-order valence-electron chi connectivity index (χ1n) is 13.2. The Morgan fingerprint density at radius 3 is 2.32 bits per heavy atom. The molecule has 0 fully saturated rings. The Hall–Kier alpha value is -3.60. The summed E-state index contributed by atoms with van der Waals surface area (Å²) in [6.07, 6.45) is 12.5. The van der Waals surface area contributed by atoms with E-state index in [4.69, 9.17) is 9.47 Å². The van der Waals surface area contributed by atoms with Crippen LogP contribution in [0, 0.1) is 5.41 Å². The van der Waals surface area contributed by atoms with Crippen LogP contribution in [0.4, 0.5) is 0 Å². The fourth-order valence-corrected chi connectivity index (χ4v) is 4.48. The first kappa shape index (κ1) is 26.5. The smallest absolute Gasteiger partial charge is 0.201 e. The van der Waals surface area contributed by atoms with Crippen molar-refractivity contribution in [2.75, 3.05) is 13.1 Å². The molecule has 0 saturated heterocycles. The summed E-state index contributed by atoms with van der Waals surface area (Å²) >= 11 is 0. The molecule has 37 heavy (non-hydrogen) atoms. The number of carbonyl (C=O) groups excluding carboxylic acids is 1. The molecule has 1 aliphatic heterocycles. The maximum absolute atomic E-state index is 13.2. The monoisotopic (exact) mass is 500 g/mol. The average molecular weight is 501 g/mol. The van der Waals surface area contributed by atoms with Gasteiger partial charge in [-0.05, 0) is 80.8 Å². The van der Waals surface area contributed by atoms with Crippen LogP contribution in [0.15, 0.2) is 82.9 Å². The molecule has 1 unspecified atom stereocenters. The van der Waals surface area contributed by atoms with Gasteiger partial charge in [-0.25, -0.2) is 4.58 Å². The van der Waals surface area contributed by atoms with Crippen LogP contribution in [0.25, 0.3) is 5.57 Å². The third-order valence-corrected chi connectivity index (χ3v) is 6.97. The SMILES string of the molecule is CCC(C)Oc1ccc2c(c1)/C(=C/C1=C(O)C(=C3C=CC(=[N+](CC)CC)C=C3)C1=O)C=C(C(C)(C)C)O2. The predicted molar refractivity (Wildman–Crippen MR) is 149 cm³/mol. The molecular weight excluding hydrogens is 462 g/mol. The van der Waals surface area contributed by atoms with Gasteiger partial charge in [-0.15, -0.1) is 0 Å². The summed E-state index contributed by atoms with van der Waals surface area (Å²) in [5.74, 6) is 2.11. The molecule has 1 N–H and O–H groups in total. The number of carbonyl (C=O) groups is 1. The minimum atomic E-state index is -0.230. The molecule has 1 heterocycles. The number of Topliss-reactive ketones (excluding diaryl/α,β-unsaturated/α-hetero) is 1. The van der Waals surface area contributed by atoms with Crippen molar-refractivity contribution in [3.05, 3.63) is 88.5 Å². The lowest BCUT2D eigenvalue weighted by molar-refractivity contribution is -0.519. The number of benzene rings is 1. The van der Waals surface area contributed by atoms with Crippen LogP contribution >= 0.6 is 0 Å². The number of ketones is 1. The van der Waals surface area contributed by atoms with Crippen molar-refractivity contribution in [2.45, 2.75) is 61.0 Å². The first-order chi connectivity index (χ1) is 17.6. The Balaban J connectivity index is 1.75. The molecule has 0 radical (unpaired) electrons. The number of allylic oxidation sites excluding steroid dienone is 11. The maximum atomic E-state index is 13.2. The Labute approximate surface area is 220 Å². The van der Waals surface area contributed by atoms with Crippen LogP contribution in [-0.4, -0.2) is 40.4 Å². The molecule has 194 valence electrons. The van der Waals surface area contributed by atoms with Gasteiger partial charge in [0.15, 0.2) is 5.71 Å². The van der Waals surface area contributed by atoms with Gasteiger partial charge in [-0.1, -0.05) is 27.7 Å². The molecule has 1 aromatic carbocycles. The van der Waals surface area contributed by atoms with E-state index >= 15 is 0 Å². The molecule has 0 aromatic heterocycles. The molecule has 2 aliphatic carbocycles. The fraction of sp³-hybridized carbons (Fsp3) is 0.375. The van der Waals surface area contributed by atoms with Crippen LogP contribution < -0.4 is 9.47 Å². The van der Waals surface area contributed by atoms with Crippen molar-refractivity contribution in [1.82, 2.24) is 0 Å². The van der Waals surface area contributed by atoms with Gasteiger partial charge >= 0.3 is 0 Å². The summed E-state index contributed by atoms with van der Waals surface area (Å²) in [5.41, 5.74) is 3.91. The van der Waals surface area contributed by atoms with Crippen molar-refractivity contribution in [3.8, 4) is 11.5 Å². The minimum Gasteiger partial charge on any atom is -0.506 e. The highest BCUT2D eigenvalue weighted by Gasteiger charge is 2.36. The summed E-state index contributed by atoms with van der Waals surface area (Å²) in [5, 5.41) is 11.0. The number of fused-ring (bicyclic) bond motifs is 1. The van der Waals surface area contributed by atoms with E-state index in [1.54, 1.807) is 6.08 Å². The second-order valence-corrected chi connectivity index (χ2v) is 10.6. The third kappa shape index (κ3) is 5.27. The lowest BCUT2D eigenvalue weighted by Gasteiger charge is -2.29. The molecule has 5 heteroatoms. The summed E-state index contributed by atoms with van der Waals surface area (Å²) in [6, 6.07) is 5.76. The Morgan fingerprint density at radius 2 is 1.76 bits per heavy atom. The molecule has 3 aliphatic rings. The van der Waals surface area contributed by atoms with E-state index in [1.165, 1.54) is 0 Å². The lowest BCUT2D eigenvalue weighted by atomic mass is 9.81. The number of aliphatic hydroxyl groups is 1. The zero-order chi connectivity index (χ0) is 26.9. The highest BCUT2D eigenvalue weighted by atomic mass is 16.5. The number of nitrogens with zero attached hydrogens (tertiary/aromatic N) is 1. The number of rotatable bonds is 6. The van der Waals surface area contributed by atoms with Gasteiger partial charge in [-0.2, -0.15) is 0 Å². The standard InChI is InChI=1S/C32H37NO4/c1-8-20(4)36-24-15-16-27-25(19-24)22(18-28(37-27)32(5,6)7)17-26-30(34)29(31(26)35)21-11-13-23(14-12-21)33(9-2)10-3/h11-20H,8-10H2,1-7H3/p+1/b22-17+.